The largest absolute Gasteiger partial charge is 0.387 e. The average Bonchev–Trinajstić information content (AvgIpc) is 2.44. The van der Waals surface area contributed by atoms with Crippen LogP contribution in [0, 0.1) is 5.82 Å². The van der Waals surface area contributed by atoms with E-state index in [1.54, 1.807) is 6.07 Å². The summed E-state index contributed by atoms with van der Waals surface area (Å²) in [5, 5.41) is 12.5. The molecule has 1 aromatic carbocycles. The Morgan fingerprint density at radius 2 is 2.05 bits per heavy atom. The topological polar surface area (TPSA) is 75.4 Å². The molecule has 5 heteroatoms. The zero-order chi connectivity index (χ0) is 14.8. The number of aliphatic hydroxyl groups excluding tert-OH is 1. The second-order valence-electron chi connectivity index (χ2n) is 4.83. The number of benzene rings is 1. The number of unbranched alkanes of at least 4 members (excludes halogenated alkanes) is 3. The summed E-state index contributed by atoms with van der Waals surface area (Å²) in [5.41, 5.74) is 5.85. The van der Waals surface area contributed by atoms with E-state index in [4.69, 9.17) is 5.73 Å². The zero-order valence-corrected chi connectivity index (χ0v) is 11.6. The summed E-state index contributed by atoms with van der Waals surface area (Å²) in [7, 11) is 0. The van der Waals surface area contributed by atoms with E-state index in [1.165, 1.54) is 18.2 Å². The molecule has 0 bridgehead atoms. The Labute approximate surface area is 119 Å². The molecule has 1 atom stereocenters. The molecule has 1 rings (SSSR count). The van der Waals surface area contributed by atoms with Crippen molar-refractivity contribution in [1.29, 1.82) is 0 Å². The Hall–Kier alpha value is -1.46. The van der Waals surface area contributed by atoms with Crippen LogP contribution in [0.5, 0.6) is 0 Å². The number of carbonyl (C=O) groups excluding carboxylic acids is 1. The smallest absolute Gasteiger partial charge is 0.220 e. The summed E-state index contributed by atoms with van der Waals surface area (Å²) < 4.78 is 13.0. The van der Waals surface area contributed by atoms with Gasteiger partial charge in [0.25, 0.3) is 0 Å². The summed E-state index contributed by atoms with van der Waals surface area (Å²) >= 11 is 0. The zero-order valence-electron chi connectivity index (χ0n) is 11.6. The quantitative estimate of drug-likeness (QED) is 0.605. The number of hydrogen-bond acceptors (Lipinski definition) is 3. The maximum Gasteiger partial charge on any atom is 0.220 e. The highest BCUT2D eigenvalue weighted by molar-refractivity contribution is 5.75. The van der Waals surface area contributed by atoms with Gasteiger partial charge in [-0.2, -0.15) is 0 Å². The second-order valence-corrected chi connectivity index (χ2v) is 4.83. The minimum absolute atomic E-state index is 0.0896. The van der Waals surface area contributed by atoms with Crippen molar-refractivity contribution < 1.29 is 14.3 Å². The molecule has 0 saturated heterocycles. The number of nitrogens with one attached hydrogen (secondary N) is 1. The van der Waals surface area contributed by atoms with Crippen LogP contribution in [-0.2, 0) is 4.79 Å². The van der Waals surface area contributed by atoms with E-state index in [0.717, 1.165) is 25.7 Å². The third-order valence-corrected chi connectivity index (χ3v) is 3.08. The number of hydrogen-bond donors (Lipinski definition) is 3. The number of halogens is 1. The SMILES string of the molecule is NCCCCCCC(=O)NCC(O)c1cccc(F)c1. The van der Waals surface area contributed by atoms with Crippen molar-refractivity contribution in [2.75, 3.05) is 13.1 Å². The van der Waals surface area contributed by atoms with Crippen LogP contribution in [0.4, 0.5) is 4.39 Å². The van der Waals surface area contributed by atoms with Gasteiger partial charge in [-0.1, -0.05) is 25.0 Å². The summed E-state index contributed by atoms with van der Waals surface area (Å²) in [6.45, 7) is 0.789. The van der Waals surface area contributed by atoms with Gasteiger partial charge >= 0.3 is 0 Å². The summed E-state index contributed by atoms with van der Waals surface area (Å²) in [6, 6.07) is 5.75. The summed E-state index contributed by atoms with van der Waals surface area (Å²) in [5.74, 6) is -0.485. The Morgan fingerprint density at radius 3 is 2.75 bits per heavy atom. The lowest BCUT2D eigenvalue weighted by Gasteiger charge is -2.12. The standard InChI is InChI=1S/C15H23FN2O2/c16-13-7-5-6-12(10-13)14(19)11-18-15(20)8-3-1-2-4-9-17/h5-7,10,14,19H,1-4,8-9,11,17H2,(H,18,20). The van der Waals surface area contributed by atoms with Crippen molar-refractivity contribution in [3.05, 3.63) is 35.6 Å². The van der Waals surface area contributed by atoms with Crippen LogP contribution in [0.2, 0.25) is 0 Å². The molecule has 0 radical (unpaired) electrons. The van der Waals surface area contributed by atoms with Crippen LogP contribution in [0.3, 0.4) is 0 Å². The molecule has 0 aliphatic heterocycles. The number of nitrogens with two attached hydrogens (primary N) is 1. The molecule has 0 saturated carbocycles. The maximum atomic E-state index is 13.0. The molecule has 1 amide bonds. The van der Waals surface area contributed by atoms with Crippen LogP contribution in [0.15, 0.2) is 24.3 Å². The van der Waals surface area contributed by atoms with Gasteiger partial charge in [-0.15, -0.1) is 0 Å². The Kier molecular flexibility index (Phi) is 7.84. The minimum Gasteiger partial charge on any atom is -0.387 e. The first-order chi connectivity index (χ1) is 9.63. The molecule has 0 aliphatic carbocycles. The van der Waals surface area contributed by atoms with E-state index < -0.39 is 11.9 Å². The van der Waals surface area contributed by atoms with Crippen molar-refractivity contribution in [2.24, 2.45) is 5.73 Å². The van der Waals surface area contributed by atoms with Crippen molar-refractivity contribution in [3.8, 4) is 0 Å². The van der Waals surface area contributed by atoms with Crippen molar-refractivity contribution in [3.63, 3.8) is 0 Å². The average molecular weight is 282 g/mol. The lowest BCUT2D eigenvalue weighted by atomic mass is 10.1. The summed E-state index contributed by atoms with van der Waals surface area (Å²) in [6.07, 6.45) is 3.39. The van der Waals surface area contributed by atoms with Crippen LogP contribution in [0.25, 0.3) is 0 Å². The molecule has 1 aromatic rings. The molecule has 0 spiro atoms. The number of amides is 1. The lowest BCUT2D eigenvalue weighted by molar-refractivity contribution is -0.121. The second kappa shape index (κ2) is 9.44. The normalized spacial score (nSPS) is 12.2. The molecule has 4 N–H and O–H groups in total. The first-order valence-electron chi connectivity index (χ1n) is 7.03. The van der Waals surface area contributed by atoms with Gasteiger partial charge in [-0.05, 0) is 37.1 Å². The predicted molar refractivity (Wildman–Crippen MR) is 76.5 cm³/mol. The van der Waals surface area contributed by atoms with Gasteiger partial charge < -0.3 is 16.2 Å². The van der Waals surface area contributed by atoms with E-state index >= 15 is 0 Å². The molecule has 4 nitrogen and oxygen atoms in total. The molecule has 20 heavy (non-hydrogen) atoms. The van der Waals surface area contributed by atoms with Gasteiger partial charge in [0.1, 0.15) is 5.82 Å². The van der Waals surface area contributed by atoms with Gasteiger partial charge in [0, 0.05) is 13.0 Å². The number of aliphatic hydroxyl groups is 1. The van der Waals surface area contributed by atoms with Crippen molar-refractivity contribution >= 4 is 5.91 Å². The first kappa shape index (κ1) is 16.6. The maximum absolute atomic E-state index is 13.0. The lowest BCUT2D eigenvalue weighted by Crippen LogP contribution is -2.28. The highest BCUT2D eigenvalue weighted by Gasteiger charge is 2.10. The number of carbonyl (C=O) groups is 1. The molecule has 0 fully saturated rings. The molecule has 1 unspecified atom stereocenters. The Balaban J connectivity index is 2.20. The van der Waals surface area contributed by atoms with Crippen molar-refractivity contribution in [1.82, 2.24) is 5.32 Å². The monoisotopic (exact) mass is 282 g/mol. The Morgan fingerprint density at radius 1 is 1.30 bits per heavy atom. The fraction of sp³-hybridized carbons (Fsp3) is 0.533. The van der Waals surface area contributed by atoms with Gasteiger partial charge in [-0.25, -0.2) is 4.39 Å². The third kappa shape index (κ3) is 6.63. The number of rotatable bonds is 9. The fourth-order valence-corrected chi connectivity index (χ4v) is 1.91. The van der Waals surface area contributed by atoms with E-state index in [9.17, 15) is 14.3 Å². The van der Waals surface area contributed by atoms with E-state index in [2.05, 4.69) is 5.32 Å². The van der Waals surface area contributed by atoms with E-state index in [-0.39, 0.29) is 12.5 Å². The van der Waals surface area contributed by atoms with Gasteiger partial charge in [0.2, 0.25) is 5.91 Å². The molecule has 0 aliphatic rings. The van der Waals surface area contributed by atoms with E-state index in [0.29, 0.717) is 18.5 Å². The molecule has 112 valence electrons. The highest BCUT2D eigenvalue weighted by Crippen LogP contribution is 2.13. The fourth-order valence-electron chi connectivity index (χ4n) is 1.91. The van der Waals surface area contributed by atoms with Crippen molar-refractivity contribution in [2.45, 2.75) is 38.2 Å². The summed E-state index contributed by atoms with van der Waals surface area (Å²) in [4.78, 5) is 11.6. The van der Waals surface area contributed by atoms with E-state index in [1.807, 2.05) is 0 Å². The molecule has 0 aromatic heterocycles. The van der Waals surface area contributed by atoms with Crippen LogP contribution >= 0.6 is 0 Å². The van der Waals surface area contributed by atoms with Crippen LogP contribution in [0.1, 0.15) is 43.8 Å². The van der Waals surface area contributed by atoms with Gasteiger partial charge in [0.05, 0.1) is 6.10 Å². The Bertz CT molecular complexity index is 413. The van der Waals surface area contributed by atoms with Crippen LogP contribution < -0.4 is 11.1 Å². The van der Waals surface area contributed by atoms with Gasteiger partial charge in [-0.3, -0.25) is 4.79 Å². The molecule has 0 heterocycles. The molecular weight excluding hydrogens is 259 g/mol. The third-order valence-electron chi connectivity index (χ3n) is 3.08. The first-order valence-corrected chi connectivity index (χ1v) is 7.03. The molecular formula is C15H23FN2O2. The highest BCUT2D eigenvalue weighted by atomic mass is 19.1. The minimum atomic E-state index is -0.883. The van der Waals surface area contributed by atoms with Crippen LogP contribution in [-0.4, -0.2) is 24.1 Å². The van der Waals surface area contributed by atoms with Gasteiger partial charge in [0.15, 0.2) is 0 Å². The predicted octanol–water partition coefficient (Wildman–Crippen LogP) is 1.88.